The molecule has 166 valence electrons. The molecule has 3 aromatic rings. The fourth-order valence-corrected chi connectivity index (χ4v) is 4.93. The van der Waals surface area contributed by atoms with E-state index in [1.54, 1.807) is 11.6 Å². The van der Waals surface area contributed by atoms with E-state index in [4.69, 9.17) is 11.6 Å². The lowest BCUT2D eigenvalue weighted by Gasteiger charge is -2.14. The van der Waals surface area contributed by atoms with Gasteiger partial charge < -0.3 is 0 Å². The summed E-state index contributed by atoms with van der Waals surface area (Å²) in [6, 6.07) is 6.42. The Bertz CT molecular complexity index is 1210. The van der Waals surface area contributed by atoms with Crippen molar-refractivity contribution in [2.24, 2.45) is 5.92 Å². The fourth-order valence-electron chi connectivity index (χ4n) is 2.70. The summed E-state index contributed by atoms with van der Waals surface area (Å²) in [6.45, 7) is 4.21. The molecule has 0 saturated carbocycles. The molecule has 0 amide bonds. The van der Waals surface area contributed by atoms with Crippen molar-refractivity contribution < 1.29 is 21.6 Å². The van der Waals surface area contributed by atoms with Gasteiger partial charge in [-0.2, -0.15) is 21.6 Å². The molecule has 31 heavy (non-hydrogen) atoms. The van der Waals surface area contributed by atoms with Gasteiger partial charge in [-0.3, -0.25) is 9.71 Å². The van der Waals surface area contributed by atoms with Gasteiger partial charge in [0.1, 0.15) is 5.01 Å². The van der Waals surface area contributed by atoms with Gasteiger partial charge in [0, 0.05) is 28.4 Å². The molecule has 12 heteroatoms. The molecule has 0 unspecified atom stereocenters. The summed E-state index contributed by atoms with van der Waals surface area (Å²) in [4.78, 5) is 8.95. The van der Waals surface area contributed by atoms with Gasteiger partial charge in [-0.15, -0.1) is 11.3 Å². The van der Waals surface area contributed by atoms with Gasteiger partial charge >= 0.3 is 15.5 Å². The third-order valence-electron chi connectivity index (χ3n) is 4.09. The van der Waals surface area contributed by atoms with E-state index in [0.29, 0.717) is 17.2 Å². The lowest BCUT2D eigenvalue weighted by Crippen LogP contribution is -2.30. The van der Waals surface area contributed by atoms with Crippen LogP contribution in [0.15, 0.2) is 40.3 Å². The lowest BCUT2D eigenvalue weighted by atomic mass is 10.1. The highest BCUT2D eigenvalue weighted by Crippen LogP contribution is 2.41. The molecule has 0 bridgehead atoms. The molecule has 1 N–H and O–H groups in total. The summed E-state index contributed by atoms with van der Waals surface area (Å²) in [5.74, 6) is 0.457. The highest BCUT2D eigenvalue weighted by atomic mass is 79.9. The summed E-state index contributed by atoms with van der Waals surface area (Å²) in [7, 11) is -5.57. The summed E-state index contributed by atoms with van der Waals surface area (Å²) < 4.78 is 62.2. The highest BCUT2D eigenvalue weighted by Gasteiger charge is 2.46. The number of rotatable bonds is 6. The molecular formula is C19H16BrClF3N3O2S2. The van der Waals surface area contributed by atoms with Crippen LogP contribution < -0.4 is 4.72 Å². The zero-order valence-corrected chi connectivity index (χ0v) is 20.1. The number of anilines is 1. The molecule has 0 aliphatic carbocycles. The first-order valence-corrected chi connectivity index (χ1v) is 12.4. The molecular weight excluding hydrogens is 539 g/mol. The molecule has 0 aliphatic rings. The monoisotopic (exact) mass is 553 g/mol. The predicted octanol–water partition coefficient (Wildman–Crippen LogP) is 6.75. The third kappa shape index (κ3) is 5.39. The van der Waals surface area contributed by atoms with Crippen molar-refractivity contribution in [3.63, 3.8) is 0 Å². The molecule has 2 aromatic heterocycles. The number of hydrogen-bond acceptors (Lipinski definition) is 5. The number of alkyl halides is 3. The van der Waals surface area contributed by atoms with Crippen LogP contribution in [-0.4, -0.2) is 23.9 Å². The van der Waals surface area contributed by atoms with E-state index in [2.05, 4.69) is 39.7 Å². The van der Waals surface area contributed by atoms with E-state index in [1.165, 1.54) is 28.2 Å². The quantitative estimate of drug-likeness (QED) is 0.366. The Morgan fingerprint density at radius 2 is 1.97 bits per heavy atom. The molecule has 3 rings (SSSR count). The van der Waals surface area contributed by atoms with E-state index >= 15 is 0 Å². The number of hydrogen-bond donors (Lipinski definition) is 1. The minimum absolute atomic E-state index is 0.0165. The van der Waals surface area contributed by atoms with Crippen molar-refractivity contribution in [1.29, 1.82) is 0 Å². The van der Waals surface area contributed by atoms with Crippen LogP contribution in [0.3, 0.4) is 0 Å². The summed E-state index contributed by atoms with van der Waals surface area (Å²) in [5.41, 5.74) is -2.96. The van der Waals surface area contributed by atoms with Crippen molar-refractivity contribution >= 4 is 54.6 Å². The van der Waals surface area contributed by atoms with Crippen molar-refractivity contribution in [2.45, 2.75) is 25.8 Å². The summed E-state index contributed by atoms with van der Waals surface area (Å²) >= 11 is 10.8. The molecule has 0 fully saturated rings. The Morgan fingerprint density at radius 1 is 1.26 bits per heavy atom. The van der Waals surface area contributed by atoms with Gasteiger partial charge in [0.15, 0.2) is 0 Å². The second-order valence-corrected chi connectivity index (χ2v) is 10.7. The summed E-state index contributed by atoms with van der Waals surface area (Å²) in [5, 5.41) is 2.54. The van der Waals surface area contributed by atoms with Crippen LogP contribution in [-0.2, 0) is 16.4 Å². The maximum absolute atomic E-state index is 12.6. The van der Waals surface area contributed by atoms with Crippen molar-refractivity contribution in [2.75, 3.05) is 4.72 Å². The maximum atomic E-state index is 12.6. The van der Waals surface area contributed by atoms with Crippen LogP contribution >= 0.6 is 38.9 Å². The van der Waals surface area contributed by atoms with E-state index in [9.17, 15) is 21.6 Å². The van der Waals surface area contributed by atoms with Crippen LogP contribution in [0.2, 0.25) is 5.02 Å². The Morgan fingerprint density at radius 3 is 2.61 bits per heavy atom. The van der Waals surface area contributed by atoms with E-state index in [1.807, 2.05) is 12.1 Å². The standard InChI is InChI=1S/C19H16BrClF3N3O2S2/c1-10(2)7-12-8-11(5-6-25-12)18-26-15(9-30-18)13-3-4-14(16(20)17(13)21)27-31(28,29)19(22,23)24/h3-6,8-10,27H,7H2,1-2H3. The van der Waals surface area contributed by atoms with Gasteiger partial charge in [-0.25, -0.2) is 4.98 Å². The number of aromatic nitrogens is 2. The zero-order chi connectivity index (χ0) is 23.0. The minimum atomic E-state index is -5.57. The average molecular weight is 555 g/mol. The Labute approximate surface area is 194 Å². The Hall–Kier alpha value is -1.69. The smallest absolute Gasteiger partial charge is 0.275 e. The number of nitrogens with one attached hydrogen (secondary N) is 1. The first kappa shape index (κ1) is 24.0. The number of benzene rings is 1. The normalized spacial score (nSPS) is 12.4. The molecule has 5 nitrogen and oxygen atoms in total. The molecule has 0 aliphatic heterocycles. The fraction of sp³-hybridized carbons (Fsp3) is 0.263. The average Bonchev–Trinajstić information content (AvgIpc) is 3.14. The molecule has 1 aromatic carbocycles. The Balaban J connectivity index is 1.92. The molecule has 0 radical (unpaired) electrons. The summed E-state index contributed by atoms with van der Waals surface area (Å²) in [6.07, 6.45) is 2.55. The van der Waals surface area contributed by atoms with Gasteiger partial charge in [-0.1, -0.05) is 25.4 Å². The minimum Gasteiger partial charge on any atom is -0.275 e. The first-order chi connectivity index (χ1) is 14.4. The van der Waals surface area contributed by atoms with Crippen LogP contribution in [0.4, 0.5) is 18.9 Å². The van der Waals surface area contributed by atoms with Crippen molar-refractivity contribution in [1.82, 2.24) is 9.97 Å². The Kier molecular flexibility index (Phi) is 6.99. The molecule has 0 atom stereocenters. The molecule has 0 spiro atoms. The molecule has 0 saturated heterocycles. The predicted molar refractivity (Wildman–Crippen MR) is 121 cm³/mol. The number of halogens is 5. The maximum Gasteiger partial charge on any atom is 0.516 e. The number of nitrogens with zero attached hydrogens (tertiary/aromatic N) is 2. The number of sulfonamides is 1. The SMILES string of the molecule is CC(C)Cc1cc(-c2nc(-c3ccc(NS(=O)(=O)C(F)(F)F)c(Br)c3Cl)cs2)ccn1. The zero-order valence-electron chi connectivity index (χ0n) is 16.2. The van der Waals surface area contributed by atoms with Gasteiger partial charge in [0.2, 0.25) is 0 Å². The second kappa shape index (κ2) is 9.05. The first-order valence-electron chi connectivity index (χ1n) is 8.87. The molecule has 2 heterocycles. The van der Waals surface area contributed by atoms with Crippen molar-refractivity contribution in [3.05, 3.63) is 51.0 Å². The van der Waals surface area contributed by atoms with Gasteiger partial charge in [0.25, 0.3) is 0 Å². The van der Waals surface area contributed by atoms with Crippen LogP contribution in [0.1, 0.15) is 19.5 Å². The largest absolute Gasteiger partial charge is 0.516 e. The van der Waals surface area contributed by atoms with E-state index in [0.717, 1.165) is 22.7 Å². The number of thiazole rings is 1. The van der Waals surface area contributed by atoms with E-state index < -0.39 is 15.5 Å². The number of pyridine rings is 1. The van der Waals surface area contributed by atoms with Gasteiger partial charge in [-0.05, 0) is 52.5 Å². The van der Waals surface area contributed by atoms with Crippen molar-refractivity contribution in [3.8, 4) is 21.8 Å². The van der Waals surface area contributed by atoms with E-state index in [-0.39, 0.29) is 15.2 Å². The van der Waals surface area contributed by atoms with Gasteiger partial charge in [0.05, 0.1) is 20.9 Å². The topological polar surface area (TPSA) is 72.0 Å². The highest BCUT2D eigenvalue weighted by molar-refractivity contribution is 9.10. The lowest BCUT2D eigenvalue weighted by molar-refractivity contribution is -0.0429. The van der Waals surface area contributed by atoms with Crippen LogP contribution in [0, 0.1) is 5.92 Å². The third-order valence-corrected chi connectivity index (χ3v) is 7.53. The van der Waals surface area contributed by atoms with Crippen LogP contribution in [0.5, 0.6) is 0 Å². The second-order valence-electron chi connectivity index (χ2n) is 7.01. The van der Waals surface area contributed by atoms with Crippen LogP contribution in [0.25, 0.3) is 21.8 Å².